The van der Waals surface area contributed by atoms with Crippen molar-refractivity contribution in [2.45, 2.75) is 52.2 Å². The van der Waals surface area contributed by atoms with Gasteiger partial charge in [0.15, 0.2) is 0 Å². The third-order valence-corrected chi connectivity index (χ3v) is 4.01. The van der Waals surface area contributed by atoms with Crippen LogP contribution in [0, 0.1) is 5.92 Å². The Labute approximate surface area is 125 Å². The molecule has 5 heteroatoms. The minimum absolute atomic E-state index is 0.0401. The standard InChI is InChI=1S/C15H26N2O2S/c1-4-6-12(18)10-16-15(19)17-13(9-11(2)3)14-7-5-8-20-14/h5,7-8,11-13,18H,4,6,9-10H2,1-3H3,(H2,16,17,19). The van der Waals surface area contributed by atoms with E-state index in [0.29, 0.717) is 18.9 Å². The first kappa shape index (κ1) is 17.0. The zero-order valence-electron chi connectivity index (χ0n) is 12.6. The molecule has 2 atom stereocenters. The Bertz CT molecular complexity index is 379. The van der Waals surface area contributed by atoms with Crippen molar-refractivity contribution in [3.8, 4) is 0 Å². The highest BCUT2D eigenvalue weighted by molar-refractivity contribution is 7.10. The first-order valence-corrected chi connectivity index (χ1v) is 8.16. The molecule has 0 spiro atoms. The minimum Gasteiger partial charge on any atom is -0.391 e. The van der Waals surface area contributed by atoms with E-state index in [2.05, 4.69) is 24.5 Å². The van der Waals surface area contributed by atoms with Crippen molar-refractivity contribution in [1.82, 2.24) is 10.6 Å². The number of aliphatic hydroxyl groups excluding tert-OH is 1. The molecule has 0 fully saturated rings. The summed E-state index contributed by atoms with van der Waals surface area (Å²) in [7, 11) is 0. The summed E-state index contributed by atoms with van der Waals surface area (Å²) in [6, 6.07) is 3.87. The van der Waals surface area contributed by atoms with Gasteiger partial charge < -0.3 is 15.7 Å². The summed E-state index contributed by atoms with van der Waals surface area (Å²) in [5.74, 6) is 0.507. The molecule has 0 bridgehead atoms. The van der Waals surface area contributed by atoms with Crippen LogP contribution in [0.15, 0.2) is 17.5 Å². The third-order valence-electron chi connectivity index (χ3n) is 3.02. The summed E-state index contributed by atoms with van der Waals surface area (Å²) in [5, 5.41) is 17.4. The predicted octanol–water partition coefficient (Wildman–Crippen LogP) is 3.30. The van der Waals surface area contributed by atoms with E-state index in [1.807, 2.05) is 24.4 Å². The van der Waals surface area contributed by atoms with E-state index in [4.69, 9.17) is 0 Å². The monoisotopic (exact) mass is 298 g/mol. The Morgan fingerprint density at radius 2 is 2.20 bits per heavy atom. The summed E-state index contributed by atoms with van der Waals surface area (Å²) in [4.78, 5) is 13.1. The second kappa shape index (κ2) is 8.97. The average Bonchev–Trinajstić information content (AvgIpc) is 2.89. The number of rotatable bonds is 8. The maximum absolute atomic E-state index is 11.9. The van der Waals surface area contributed by atoms with E-state index >= 15 is 0 Å². The highest BCUT2D eigenvalue weighted by atomic mass is 32.1. The lowest BCUT2D eigenvalue weighted by atomic mass is 10.0. The van der Waals surface area contributed by atoms with Gasteiger partial charge in [0.25, 0.3) is 0 Å². The fourth-order valence-electron chi connectivity index (χ4n) is 2.06. The maximum Gasteiger partial charge on any atom is 0.315 e. The lowest BCUT2D eigenvalue weighted by molar-refractivity contribution is 0.159. The molecule has 2 amide bonds. The molecule has 0 radical (unpaired) electrons. The van der Waals surface area contributed by atoms with Gasteiger partial charge in [-0.05, 0) is 30.2 Å². The van der Waals surface area contributed by atoms with Gasteiger partial charge in [0.1, 0.15) is 0 Å². The number of aliphatic hydroxyl groups is 1. The molecule has 0 saturated carbocycles. The van der Waals surface area contributed by atoms with Gasteiger partial charge >= 0.3 is 6.03 Å². The number of amides is 2. The van der Waals surface area contributed by atoms with E-state index in [0.717, 1.165) is 12.8 Å². The van der Waals surface area contributed by atoms with E-state index in [1.165, 1.54) is 4.88 Å². The van der Waals surface area contributed by atoms with Gasteiger partial charge in [-0.25, -0.2) is 4.79 Å². The molecule has 20 heavy (non-hydrogen) atoms. The molecule has 114 valence electrons. The Morgan fingerprint density at radius 3 is 2.75 bits per heavy atom. The lowest BCUT2D eigenvalue weighted by Crippen LogP contribution is -2.41. The fraction of sp³-hybridized carbons (Fsp3) is 0.667. The van der Waals surface area contributed by atoms with Crippen molar-refractivity contribution in [1.29, 1.82) is 0 Å². The summed E-state index contributed by atoms with van der Waals surface area (Å²) in [6.07, 6.45) is 2.07. The lowest BCUT2D eigenvalue weighted by Gasteiger charge is -2.20. The van der Waals surface area contributed by atoms with Gasteiger partial charge in [0, 0.05) is 11.4 Å². The van der Waals surface area contributed by atoms with Gasteiger partial charge in [-0.2, -0.15) is 0 Å². The molecule has 0 aliphatic heterocycles. The van der Waals surface area contributed by atoms with E-state index < -0.39 is 6.10 Å². The van der Waals surface area contributed by atoms with Crippen molar-refractivity contribution in [3.05, 3.63) is 22.4 Å². The fourth-order valence-corrected chi connectivity index (χ4v) is 2.85. The van der Waals surface area contributed by atoms with Crippen LogP contribution in [0.4, 0.5) is 4.79 Å². The highest BCUT2D eigenvalue weighted by Gasteiger charge is 2.17. The molecule has 1 heterocycles. The quantitative estimate of drug-likeness (QED) is 0.689. The SMILES string of the molecule is CCCC(O)CNC(=O)NC(CC(C)C)c1cccs1. The second-order valence-corrected chi connectivity index (χ2v) is 6.47. The molecule has 1 aromatic heterocycles. The summed E-state index contributed by atoms with van der Waals surface area (Å²) in [6.45, 7) is 6.60. The van der Waals surface area contributed by atoms with Crippen LogP contribution in [-0.4, -0.2) is 23.8 Å². The minimum atomic E-state index is -0.462. The first-order chi connectivity index (χ1) is 9.52. The van der Waals surface area contributed by atoms with Crippen molar-refractivity contribution < 1.29 is 9.90 Å². The van der Waals surface area contributed by atoms with Crippen LogP contribution in [-0.2, 0) is 0 Å². The Balaban J connectivity index is 2.46. The van der Waals surface area contributed by atoms with Crippen molar-refractivity contribution in [2.24, 2.45) is 5.92 Å². The number of urea groups is 1. The van der Waals surface area contributed by atoms with Crippen molar-refractivity contribution in [3.63, 3.8) is 0 Å². The van der Waals surface area contributed by atoms with Gasteiger partial charge in [0.2, 0.25) is 0 Å². The van der Waals surface area contributed by atoms with E-state index in [9.17, 15) is 9.90 Å². The number of nitrogens with one attached hydrogen (secondary N) is 2. The molecule has 3 N–H and O–H groups in total. The normalized spacial score (nSPS) is 14.1. The van der Waals surface area contributed by atoms with Crippen LogP contribution in [0.3, 0.4) is 0 Å². The van der Waals surface area contributed by atoms with E-state index in [-0.39, 0.29) is 12.1 Å². The number of hydrogen-bond donors (Lipinski definition) is 3. The van der Waals surface area contributed by atoms with Crippen LogP contribution in [0.25, 0.3) is 0 Å². The van der Waals surface area contributed by atoms with Crippen LogP contribution in [0.1, 0.15) is 51.0 Å². The average molecular weight is 298 g/mol. The molecule has 2 unspecified atom stereocenters. The van der Waals surface area contributed by atoms with Crippen LogP contribution in [0.5, 0.6) is 0 Å². The predicted molar refractivity (Wildman–Crippen MR) is 84.0 cm³/mol. The van der Waals surface area contributed by atoms with Gasteiger partial charge in [-0.15, -0.1) is 11.3 Å². The summed E-state index contributed by atoms with van der Waals surface area (Å²) >= 11 is 1.66. The Hall–Kier alpha value is -1.07. The maximum atomic E-state index is 11.9. The molecule has 4 nitrogen and oxygen atoms in total. The number of thiophene rings is 1. The number of hydrogen-bond acceptors (Lipinski definition) is 3. The number of carbonyl (C=O) groups excluding carboxylic acids is 1. The van der Waals surface area contributed by atoms with Gasteiger partial charge in [0.05, 0.1) is 12.1 Å². The molecule has 0 aliphatic rings. The second-order valence-electron chi connectivity index (χ2n) is 5.49. The largest absolute Gasteiger partial charge is 0.391 e. The van der Waals surface area contributed by atoms with Gasteiger partial charge in [-0.1, -0.05) is 33.3 Å². The molecular formula is C15H26N2O2S. The summed E-state index contributed by atoms with van der Waals surface area (Å²) < 4.78 is 0. The highest BCUT2D eigenvalue weighted by Crippen LogP contribution is 2.25. The summed E-state index contributed by atoms with van der Waals surface area (Å²) in [5.41, 5.74) is 0. The first-order valence-electron chi connectivity index (χ1n) is 7.28. The zero-order chi connectivity index (χ0) is 15.0. The van der Waals surface area contributed by atoms with Crippen molar-refractivity contribution >= 4 is 17.4 Å². The smallest absolute Gasteiger partial charge is 0.315 e. The van der Waals surface area contributed by atoms with Crippen molar-refractivity contribution in [2.75, 3.05) is 6.54 Å². The van der Waals surface area contributed by atoms with Crippen LogP contribution < -0.4 is 10.6 Å². The Kier molecular flexibility index (Phi) is 7.62. The van der Waals surface area contributed by atoms with Crippen LogP contribution in [0.2, 0.25) is 0 Å². The molecule has 0 saturated heterocycles. The zero-order valence-corrected chi connectivity index (χ0v) is 13.4. The van der Waals surface area contributed by atoms with Crippen LogP contribution >= 0.6 is 11.3 Å². The molecule has 1 rings (SSSR count). The molecule has 0 aliphatic carbocycles. The third kappa shape index (κ3) is 6.39. The van der Waals surface area contributed by atoms with Gasteiger partial charge in [-0.3, -0.25) is 0 Å². The Morgan fingerprint density at radius 1 is 1.45 bits per heavy atom. The number of carbonyl (C=O) groups is 1. The molecular weight excluding hydrogens is 272 g/mol. The molecule has 1 aromatic rings. The van der Waals surface area contributed by atoms with E-state index in [1.54, 1.807) is 11.3 Å². The molecule has 0 aromatic carbocycles. The topological polar surface area (TPSA) is 61.4 Å².